The molecule has 0 aliphatic carbocycles. The van der Waals surface area contributed by atoms with Crippen molar-refractivity contribution in [2.45, 2.75) is 26.8 Å². The SMILES string of the molecule is Cc1ccc2c(n1)CN(C(=NC=N)c1[nH]c(C)nc1-c1ccccc1F)CC2. The Morgan fingerprint density at radius 3 is 2.82 bits per heavy atom. The van der Waals surface area contributed by atoms with E-state index in [1.807, 2.05) is 19.9 Å². The highest BCUT2D eigenvalue weighted by atomic mass is 19.1. The molecule has 0 spiro atoms. The number of halogens is 1. The average Bonchev–Trinajstić information content (AvgIpc) is 3.07. The lowest BCUT2D eigenvalue weighted by Crippen LogP contribution is -2.37. The lowest BCUT2D eigenvalue weighted by Gasteiger charge is -2.30. The van der Waals surface area contributed by atoms with Gasteiger partial charge in [0.05, 0.1) is 12.2 Å². The van der Waals surface area contributed by atoms with E-state index in [0.29, 0.717) is 35.2 Å². The number of aryl methyl sites for hydroxylation is 2. The number of aromatic amines is 1. The molecule has 0 radical (unpaired) electrons. The summed E-state index contributed by atoms with van der Waals surface area (Å²) in [5, 5.41) is 7.54. The molecule has 1 aromatic carbocycles. The number of aliphatic imine (C=N–C) groups is 1. The average molecular weight is 376 g/mol. The van der Waals surface area contributed by atoms with Gasteiger partial charge in [-0.2, -0.15) is 0 Å². The van der Waals surface area contributed by atoms with Crippen LogP contribution in [0.4, 0.5) is 4.39 Å². The summed E-state index contributed by atoms with van der Waals surface area (Å²) < 4.78 is 14.4. The monoisotopic (exact) mass is 376 g/mol. The van der Waals surface area contributed by atoms with E-state index in [-0.39, 0.29) is 5.82 Å². The second-order valence-corrected chi connectivity index (χ2v) is 6.84. The summed E-state index contributed by atoms with van der Waals surface area (Å²) >= 11 is 0. The van der Waals surface area contributed by atoms with Crippen LogP contribution in [0.5, 0.6) is 0 Å². The fraction of sp³-hybridized carbons (Fsp3) is 0.238. The van der Waals surface area contributed by atoms with Crippen molar-refractivity contribution in [1.82, 2.24) is 19.9 Å². The van der Waals surface area contributed by atoms with Crippen molar-refractivity contribution in [3.8, 4) is 11.3 Å². The highest BCUT2D eigenvalue weighted by Gasteiger charge is 2.26. The number of amidine groups is 1. The Hall–Kier alpha value is -3.35. The number of hydrogen-bond acceptors (Lipinski definition) is 3. The molecule has 28 heavy (non-hydrogen) atoms. The molecule has 0 bridgehead atoms. The molecule has 1 aliphatic heterocycles. The highest BCUT2D eigenvalue weighted by molar-refractivity contribution is 6.05. The van der Waals surface area contributed by atoms with Gasteiger partial charge in [0.1, 0.15) is 29.4 Å². The molecule has 3 aromatic rings. The molecule has 4 rings (SSSR count). The highest BCUT2D eigenvalue weighted by Crippen LogP contribution is 2.27. The summed E-state index contributed by atoms with van der Waals surface area (Å²) in [5.41, 5.74) is 4.72. The number of fused-ring (bicyclic) bond motifs is 1. The summed E-state index contributed by atoms with van der Waals surface area (Å²) in [4.78, 5) is 18.8. The standard InChI is InChI=1S/C21H21FN6/c1-13-7-8-15-9-10-28(11-18(15)25-13)21(24-12-23)20-19(26-14(2)27-20)16-5-3-4-6-17(16)22/h3-8,12,23H,9-11H2,1-2H3,(H,26,27). The first-order chi connectivity index (χ1) is 13.6. The van der Waals surface area contributed by atoms with E-state index in [1.165, 1.54) is 11.6 Å². The molecule has 6 nitrogen and oxygen atoms in total. The van der Waals surface area contributed by atoms with Crippen molar-refractivity contribution >= 4 is 12.2 Å². The maximum absolute atomic E-state index is 14.4. The molecule has 7 heteroatoms. The molecule has 3 heterocycles. The second kappa shape index (κ2) is 7.34. The van der Waals surface area contributed by atoms with Crippen LogP contribution >= 0.6 is 0 Å². The Morgan fingerprint density at radius 1 is 1.21 bits per heavy atom. The van der Waals surface area contributed by atoms with Gasteiger partial charge in [-0.1, -0.05) is 18.2 Å². The Labute approximate surface area is 162 Å². The van der Waals surface area contributed by atoms with E-state index in [1.54, 1.807) is 18.2 Å². The third-order valence-corrected chi connectivity index (χ3v) is 4.86. The molecule has 0 unspecified atom stereocenters. The molecule has 0 amide bonds. The number of imidazole rings is 1. The van der Waals surface area contributed by atoms with Crippen molar-refractivity contribution in [1.29, 1.82) is 5.41 Å². The van der Waals surface area contributed by atoms with Crippen molar-refractivity contribution in [3.63, 3.8) is 0 Å². The Balaban J connectivity index is 1.78. The van der Waals surface area contributed by atoms with Crippen LogP contribution in [-0.2, 0) is 13.0 Å². The van der Waals surface area contributed by atoms with E-state index >= 15 is 0 Å². The van der Waals surface area contributed by atoms with Crippen LogP contribution in [0.1, 0.15) is 28.5 Å². The van der Waals surface area contributed by atoms with Gasteiger partial charge in [0.15, 0.2) is 5.84 Å². The van der Waals surface area contributed by atoms with Crippen LogP contribution in [0.3, 0.4) is 0 Å². The maximum Gasteiger partial charge on any atom is 0.156 e. The van der Waals surface area contributed by atoms with Crippen molar-refractivity contribution in [3.05, 3.63) is 70.7 Å². The topological polar surface area (TPSA) is 81.0 Å². The van der Waals surface area contributed by atoms with E-state index in [0.717, 1.165) is 30.7 Å². The van der Waals surface area contributed by atoms with Gasteiger partial charge >= 0.3 is 0 Å². The Morgan fingerprint density at radius 2 is 2.04 bits per heavy atom. The van der Waals surface area contributed by atoms with Gasteiger partial charge in [-0.3, -0.25) is 10.4 Å². The van der Waals surface area contributed by atoms with Crippen LogP contribution < -0.4 is 0 Å². The zero-order valence-electron chi connectivity index (χ0n) is 15.8. The lowest BCUT2D eigenvalue weighted by molar-refractivity contribution is 0.387. The summed E-state index contributed by atoms with van der Waals surface area (Å²) in [6, 6.07) is 10.7. The number of nitrogens with one attached hydrogen (secondary N) is 2. The van der Waals surface area contributed by atoms with Gasteiger partial charge < -0.3 is 9.88 Å². The molecule has 2 aromatic heterocycles. The predicted molar refractivity (Wildman–Crippen MR) is 107 cm³/mol. The van der Waals surface area contributed by atoms with Gasteiger partial charge in [-0.25, -0.2) is 14.4 Å². The number of H-pyrrole nitrogens is 1. The van der Waals surface area contributed by atoms with Gasteiger partial charge in [0.2, 0.25) is 0 Å². The van der Waals surface area contributed by atoms with Crippen LogP contribution in [0.2, 0.25) is 0 Å². The largest absolute Gasteiger partial charge is 0.349 e. The lowest BCUT2D eigenvalue weighted by atomic mass is 10.0. The molecule has 1 aliphatic rings. The maximum atomic E-state index is 14.4. The number of hydrogen-bond donors (Lipinski definition) is 2. The molecule has 0 saturated carbocycles. The summed E-state index contributed by atoms with van der Waals surface area (Å²) in [6.45, 7) is 5.12. The number of pyridine rings is 1. The van der Waals surface area contributed by atoms with Crippen molar-refractivity contribution in [2.24, 2.45) is 4.99 Å². The Bertz CT molecular complexity index is 1070. The molecule has 0 saturated heterocycles. The number of nitrogens with zero attached hydrogens (tertiary/aromatic N) is 4. The minimum atomic E-state index is -0.342. The summed E-state index contributed by atoms with van der Waals surface area (Å²) in [7, 11) is 0. The number of rotatable bonds is 3. The zero-order chi connectivity index (χ0) is 19.7. The Kier molecular flexibility index (Phi) is 4.73. The summed E-state index contributed by atoms with van der Waals surface area (Å²) in [5.74, 6) is 0.894. The van der Waals surface area contributed by atoms with Gasteiger partial charge in [0, 0.05) is 17.8 Å². The first-order valence-electron chi connectivity index (χ1n) is 9.16. The smallest absolute Gasteiger partial charge is 0.156 e. The molecule has 0 fully saturated rings. The van der Waals surface area contributed by atoms with E-state index in [9.17, 15) is 4.39 Å². The molecular formula is C21H21FN6. The molecular weight excluding hydrogens is 355 g/mol. The molecule has 0 atom stereocenters. The van der Waals surface area contributed by atoms with Crippen LogP contribution in [-0.4, -0.2) is 38.6 Å². The van der Waals surface area contributed by atoms with E-state index in [2.05, 4.69) is 30.9 Å². The van der Waals surface area contributed by atoms with Crippen LogP contribution in [0, 0.1) is 25.1 Å². The quantitative estimate of drug-likeness (QED) is 0.541. The molecule has 142 valence electrons. The van der Waals surface area contributed by atoms with Gasteiger partial charge in [-0.15, -0.1) is 0 Å². The van der Waals surface area contributed by atoms with Gasteiger partial charge in [-0.05, 0) is 44.0 Å². The fourth-order valence-corrected chi connectivity index (χ4v) is 3.57. The second-order valence-electron chi connectivity index (χ2n) is 6.84. The minimum absolute atomic E-state index is 0.342. The van der Waals surface area contributed by atoms with Crippen molar-refractivity contribution < 1.29 is 4.39 Å². The first-order valence-corrected chi connectivity index (χ1v) is 9.16. The summed E-state index contributed by atoms with van der Waals surface area (Å²) in [6.07, 6.45) is 1.84. The molecule has 2 N–H and O–H groups in total. The third-order valence-electron chi connectivity index (χ3n) is 4.86. The van der Waals surface area contributed by atoms with E-state index < -0.39 is 0 Å². The van der Waals surface area contributed by atoms with Crippen molar-refractivity contribution in [2.75, 3.05) is 6.54 Å². The van der Waals surface area contributed by atoms with Crippen LogP contribution in [0.25, 0.3) is 11.3 Å². The predicted octanol–water partition coefficient (Wildman–Crippen LogP) is 3.64. The normalized spacial score (nSPS) is 14.1. The van der Waals surface area contributed by atoms with Gasteiger partial charge in [0.25, 0.3) is 0 Å². The zero-order valence-corrected chi connectivity index (χ0v) is 15.8. The number of benzene rings is 1. The van der Waals surface area contributed by atoms with E-state index in [4.69, 9.17) is 5.41 Å². The number of aromatic nitrogens is 3. The minimum Gasteiger partial charge on any atom is -0.349 e. The fourth-order valence-electron chi connectivity index (χ4n) is 3.57. The third kappa shape index (κ3) is 3.31. The first kappa shape index (κ1) is 18.0. The van der Waals surface area contributed by atoms with Crippen LogP contribution in [0.15, 0.2) is 41.4 Å².